The molecule has 138 valence electrons. The van der Waals surface area contributed by atoms with Crippen molar-refractivity contribution in [3.05, 3.63) is 29.8 Å². The van der Waals surface area contributed by atoms with Gasteiger partial charge in [-0.3, -0.25) is 4.99 Å². The van der Waals surface area contributed by atoms with Crippen LogP contribution in [0, 0.1) is 0 Å². The number of ether oxygens (including phenoxy) is 2. The van der Waals surface area contributed by atoms with Crippen LogP contribution in [0.4, 0.5) is 13.2 Å². The molecule has 1 aromatic carbocycles. The van der Waals surface area contributed by atoms with Crippen molar-refractivity contribution in [2.45, 2.75) is 19.1 Å². The number of halogens is 4. The van der Waals surface area contributed by atoms with Gasteiger partial charge in [0.1, 0.15) is 12.4 Å². The number of rotatable bonds is 8. The Balaban J connectivity index is 0.00000529. The van der Waals surface area contributed by atoms with Crippen molar-refractivity contribution in [1.29, 1.82) is 0 Å². The van der Waals surface area contributed by atoms with Gasteiger partial charge in [0.2, 0.25) is 0 Å². The lowest BCUT2D eigenvalue weighted by atomic mass is 10.2. The molecule has 0 aromatic heterocycles. The number of nitrogens with zero attached hydrogens (tertiary/aromatic N) is 1. The number of aliphatic imine (C=N–C) groups is 1. The molecule has 0 aliphatic heterocycles. The fraction of sp³-hybridized carbons (Fsp3) is 0.533. The fourth-order valence-electron chi connectivity index (χ4n) is 1.72. The predicted octanol–water partition coefficient (Wildman–Crippen LogP) is 2.95. The SMILES string of the molecule is CN=C(NCCC(F)(F)F)NCc1cccc(OCCOC)c1.I. The van der Waals surface area contributed by atoms with Gasteiger partial charge in [0.05, 0.1) is 13.0 Å². The maximum Gasteiger partial charge on any atom is 0.390 e. The number of hydrogen-bond donors (Lipinski definition) is 2. The fourth-order valence-corrected chi connectivity index (χ4v) is 1.72. The molecule has 2 N–H and O–H groups in total. The number of guanidine groups is 1. The average molecular weight is 461 g/mol. The Hall–Kier alpha value is -1.23. The van der Waals surface area contributed by atoms with Gasteiger partial charge in [-0.1, -0.05) is 12.1 Å². The third-order valence-electron chi connectivity index (χ3n) is 2.84. The molecule has 5 nitrogen and oxygen atoms in total. The van der Waals surface area contributed by atoms with Crippen molar-refractivity contribution in [2.24, 2.45) is 4.99 Å². The van der Waals surface area contributed by atoms with Crippen LogP contribution in [0.3, 0.4) is 0 Å². The summed E-state index contributed by atoms with van der Waals surface area (Å²) in [7, 11) is 3.11. The summed E-state index contributed by atoms with van der Waals surface area (Å²) in [6, 6.07) is 7.42. The van der Waals surface area contributed by atoms with Crippen LogP contribution in [0.1, 0.15) is 12.0 Å². The molecule has 0 atom stereocenters. The molecule has 0 radical (unpaired) electrons. The highest BCUT2D eigenvalue weighted by atomic mass is 127. The van der Waals surface area contributed by atoms with Crippen molar-refractivity contribution < 1.29 is 22.6 Å². The monoisotopic (exact) mass is 461 g/mol. The Morgan fingerprint density at radius 1 is 1.21 bits per heavy atom. The first-order valence-corrected chi connectivity index (χ1v) is 7.16. The summed E-state index contributed by atoms with van der Waals surface area (Å²) in [6.07, 6.45) is -5.09. The van der Waals surface area contributed by atoms with Crippen molar-refractivity contribution >= 4 is 29.9 Å². The minimum absolute atomic E-state index is 0. The molecule has 0 aliphatic rings. The summed E-state index contributed by atoms with van der Waals surface area (Å²) in [4.78, 5) is 3.89. The Labute approximate surface area is 157 Å². The lowest BCUT2D eigenvalue weighted by Crippen LogP contribution is -2.38. The van der Waals surface area contributed by atoms with Gasteiger partial charge in [-0.25, -0.2) is 0 Å². The number of benzene rings is 1. The first-order valence-electron chi connectivity index (χ1n) is 7.16. The second-order valence-corrected chi connectivity index (χ2v) is 4.71. The van der Waals surface area contributed by atoms with E-state index in [-0.39, 0.29) is 30.5 Å². The van der Waals surface area contributed by atoms with Gasteiger partial charge in [-0.05, 0) is 17.7 Å². The van der Waals surface area contributed by atoms with Gasteiger partial charge < -0.3 is 20.1 Å². The van der Waals surface area contributed by atoms with Crippen LogP contribution in [0.15, 0.2) is 29.3 Å². The number of hydrogen-bond acceptors (Lipinski definition) is 3. The first-order chi connectivity index (χ1) is 10.9. The van der Waals surface area contributed by atoms with E-state index in [4.69, 9.17) is 9.47 Å². The van der Waals surface area contributed by atoms with Crippen molar-refractivity contribution in [3.63, 3.8) is 0 Å². The molecule has 0 bridgehead atoms. The highest BCUT2D eigenvalue weighted by molar-refractivity contribution is 14.0. The molecular formula is C15H23F3IN3O2. The molecule has 1 aromatic rings. The zero-order valence-corrected chi connectivity index (χ0v) is 16.0. The van der Waals surface area contributed by atoms with Crippen molar-refractivity contribution in [2.75, 3.05) is 33.9 Å². The summed E-state index contributed by atoms with van der Waals surface area (Å²) < 4.78 is 46.7. The van der Waals surface area contributed by atoms with Gasteiger partial charge in [0.15, 0.2) is 5.96 Å². The lowest BCUT2D eigenvalue weighted by molar-refractivity contribution is -0.132. The smallest absolute Gasteiger partial charge is 0.390 e. The van der Waals surface area contributed by atoms with Gasteiger partial charge in [0, 0.05) is 27.2 Å². The Morgan fingerprint density at radius 2 is 1.96 bits per heavy atom. The Kier molecular flexibility index (Phi) is 11.6. The van der Waals surface area contributed by atoms with E-state index in [0.29, 0.717) is 31.5 Å². The maximum atomic E-state index is 12.1. The molecule has 0 fully saturated rings. The first kappa shape index (κ1) is 22.8. The molecule has 0 unspecified atom stereocenters. The third-order valence-corrected chi connectivity index (χ3v) is 2.84. The zero-order valence-electron chi connectivity index (χ0n) is 13.7. The van der Waals surface area contributed by atoms with Crippen LogP contribution < -0.4 is 15.4 Å². The molecule has 0 heterocycles. The highest BCUT2D eigenvalue weighted by Crippen LogP contribution is 2.18. The molecule has 24 heavy (non-hydrogen) atoms. The molecule has 0 saturated carbocycles. The molecule has 0 saturated heterocycles. The van der Waals surface area contributed by atoms with E-state index < -0.39 is 12.6 Å². The van der Waals surface area contributed by atoms with E-state index in [2.05, 4.69) is 15.6 Å². The van der Waals surface area contributed by atoms with E-state index in [1.54, 1.807) is 7.11 Å². The second-order valence-electron chi connectivity index (χ2n) is 4.71. The van der Waals surface area contributed by atoms with E-state index in [0.717, 1.165) is 5.56 Å². The van der Waals surface area contributed by atoms with E-state index in [1.807, 2.05) is 24.3 Å². The number of alkyl halides is 3. The van der Waals surface area contributed by atoms with Crippen molar-refractivity contribution in [3.8, 4) is 5.75 Å². The molecular weight excluding hydrogens is 438 g/mol. The zero-order chi connectivity index (χ0) is 17.1. The lowest BCUT2D eigenvalue weighted by Gasteiger charge is -2.13. The van der Waals surface area contributed by atoms with Crippen LogP contribution >= 0.6 is 24.0 Å². The summed E-state index contributed by atoms with van der Waals surface area (Å²) in [5.74, 6) is 1.03. The van der Waals surface area contributed by atoms with Gasteiger partial charge in [0.25, 0.3) is 0 Å². The van der Waals surface area contributed by atoms with Crippen LogP contribution in [-0.2, 0) is 11.3 Å². The maximum absolute atomic E-state index is 12.1. The predicted molar refractivity (Wildman–Crippen MR) is 98.1 cm³/mol. The Bertz CT molecular complexity index is 499. The summed E-state index contributed by atoms with van der Waals surface area (Å²) in [5.41, 5.74) is 0.929. The number of nitrogens with one attached hydrogen (secondary N) is 2. The summed E-state index contributed by atoms with van der Waals surface area (Å²) in [6.45, 7) is 1.16. The summed E-state index contributed by atoms with van der Waals surface area (Å²) in [5, 5.41) is 5.58. The van der Waals surface area contributed by atoms with E-state index >= 15 is 0 Å². The molecule has 0 spiro atoms. The average Bonchev–Trinajstić information content (AvgIpc) is 2.50. The van der Waals surface area contributed by atoms with Crippen LogP contribution in [0.5, 0.6) is 5.75 Å². The molecule has 0 amide bonds. The van der Waals surface area contributed by atoms with Crippen LogP contribution in [-0.4, -0.2) is 46.1 Å². The van der Waals surface area contributed by atoms with E-state index in [1.165, 1.54) is 7.05 Å². The molecule has 9 heteroatoms. The topological polar surface area (TPSA) is 54.9 Å². The minimum atomic E-state index is -4.18. The largest absolute Gasteiger partial charge is 0.491 e. The summed E-state index contributed by atoms with van der Waals surface area (Å²) >= 11 is 0. The number of methoxy groups -OCH3 is 1. The standard InChI is InChI=1S/C15H22F3N3O2.HI/c1-19-14(20-7-6-15(16,17)18)21-11-12-4-3-5-13(10-12)23-9-8-22-2;/h3-5,10H,6-9,11H2,1-2H3,(H2,19,20,21);1H. The second kappa shape index (κ2) is 12.2. The quantitative estimate of drug-likeness (QED) is 0.271. The van der Waals surface area contributed by atoms with Gasteiger partial charge in [-0.2, -0.15) is 13.2 Å². The van der Waals surface area contributed by atoms with Crippen molar-refractivity contribution in [1.82, 2.24) is 10.6 Å². The van der Waals surface area contributed by atoms with E-state index in [9.17, 15) is 13.2 Å². The van der Waals surface area contributed by atoms with Crippen LogP contribution in [0.2, 0.25) is 0 Å². The third kappa shape index (κ3) is 10.5. The Morgan fingerprint density at radius 3 is 2.58 bits per heavy atom. The molecule has 0 aliphatic carbocycles. The molecule has 1 rings (SSSR count). The van der Waals surface area contributed by atoms with Gasteiger partial charge in [-0.15, -0.1) is 24.0 Å². The minimum Gasteiger partial charge on any atom is -0.491 e. The normalized spacial score (nSPS) is 11.6. The van der Waals surface area contributed by atoms with Crippen LogP contribution in [0.25, 0.3) is 0 Å². The van der Waals surface area contributed by atoms with Gasteiger partial charge >= 0.3 is 6.18 Å². The highest BCUT2D eigenvalue weighted by Gasteiger charge is 2.26.